The minimum atomic E-state index is -2.90. The maximum Gasteiger partial charge on any atom is 0.169 e. The number of sulfone groups is 1. The predicted octanol–water partition coefficient (Wildman–Crippen LogP) is -0.230. The van der Waals surface area contributed by atoms with Gasteiger partial charge in [-0.2, -0.15) is 0 Å². The third kappa shape index (κ3) is 3.29. The zero-order chi connectivity index (χ0) is 12.5. The van der Waals surface area contributed by atoms with Gasteiger partial charge in [0.05, 0.1) is 30.3 Å². The van der Waals surface area contributed by atoms with E-state index in [0.717, 1.165) is 13.1 Å². The summed E-state index contributed by atoms with van der Waals surface area (Å²) in [4.78, 5) is 2.04. The van der Waals surface area contributed by atoms with E-state index < -0.39 is 15.4 Å². The van der Waals surface area contributed by atoms with Crippen LogP contribution in [0.1, 0.15) is 13.3 Å². The van der Waals surface area contributed by atoms with Crippen LogP contribution in [0.15, 0.2) is 0 Å². The van der Waals surface area contributed by atoms with Crippen LogP contribution in [0.5, 0.6) is 0 Å². The highest BCUT2D eigenvalue weighted by Crippen LogP contribution is 2.23. The first-order valence-electron chi connectivity index (χ1n) is 5.76. The second-order valence-electron chi connectivity index (χ2n) is 4.93. The maximum absolute atomic E-state index is 11.5. The van der Waals surface area contributed by atoms with Crippen LogP contribution in [0, 0.1) is 0 Å². The lowest BCUT2D eigenvalue weighted by atomic mass is 10.0. The van der Waals surface area contributed by atoms with Crippen LogP contribution in [-0.4, -0.2) is 61.8 Å². The normalized spacial score (nSPS) is 32.4. The van der Waals surface area contributed by atoms with Crippen molar-refractivity contribution < 1.29 is 13.2 Å². The SMILES string of the molecule is C[C@]1(NC(=S)N2CCOCC2)CCS(=O)(=O)C1. The molecule has 5 nitrogen and oxygen atoms in total. The number of nitrogens with one attached hydrogen (secondary N) is 1. The number of ether oxygens (including phenoxy) is 1. The molecule has 0 saturated carbocycles. The Morgan fingerprint density at radius 1 is 1.41 bits per heavy atom. The van der Waals surface area contributed by atoms with E-state index in [1.54, 1.807) is 0 Å². The molecule has 0 aromatic heterocycles. The summed E-state index contributed by atoms with van der Waals surface area (Å²) in [6.45, 7) is 4.82. The number of hydrogen-bond donors (Lipinski definition) is 1. The van der Waals surface area contributed by atoms with E-state index >= 15 is 0 Å². The predicted molar refractivity (Wildman–Crippen MR) is 69.8 cm³/mol. The highest BCUT2D eigenvalue weighted by atomic mass is 32.2. The number of morpholine rings is 1. The van der Waals surface area contributed by atoms with E-state index in [-0.39, 0.29) is 11.5 Å². The monoisotopic (exact) mass is 278 g/mol. The molecule has 7 heteroatoms. The van der Waals surface area contributed by atoms with E-state index in [4.69, 9.17) is 17.0 Å². The van der Waals surface area contributed by atoms with Gasteiger partial charge in [-0.25, -0.2) is 8.42 Å². The average Bonchev–Trinajstić information content (AvgIpc) is 2.54. The van der Waals surface area contributed by atoms with Crippen LogP contribution in [0.25, 0.3) is 0 Å². The Kier molecular flexibility index (Phi) is 3.61. The molecule has 98 valence electrons. The van der Waals surface area contributed by atoms with Crippen LogP contribution < -0.4 is 5.32 Å². The zero-order valence-corrected chi connectivity index (χ0v) is 11.6. The average molecular weight is 278 g/mol. The van der Waals surface area contributed by atoms with Crippen molar-refractivity contribution in [3.63, 3.8) is 0 Å². The Morgan fingerprint density at radius 2 is 2.06 bits per heavy atom. The Morgan fingerprint density at radius 3 is 2.59 bits per heavy atom. The molecule has 0 bridgehead atoms. The maximum atomic E-state index is 11.5. The Labute approximate surface area is 107 Å². The van der Waals surface area contributed by atoms with Crippen molar-refractivity contribution in [3.8, 4) is 0 Å². The summed E-state index contributed by atoms with van der Waals surface area (Å²) in [5.74, 6) is 0.423. The molecular weight excluding hydrogens is 260 g/mol. The van der Waals surface area contributed by atoms with Crippen LogP contribution in [-0.2, 0) is 14.6 Å². The molecule has 17 heavy (non-hydrogen) atoms. The van der Waals surface area contributed by atoms with Crippen LogP contribution in [0.4, 0.5) is 0 Å². The summed E-state index contributed by atoms with van der Waals surface area (Å²) in [5.41, 5.74) is -0.409. The number of hydrogen-bond acceptors (Lipinski definition) is 4. The molecule has 0 unspecified atom stereocenters. The van der Waals surface area contributed by atoms with Gasteiger partial charge in [-0.15, -0.1) is 0 Å². The summed E-state index contributed by atoms with van der Waals surface area (Å²) in [6.07, 6.45) is 0.625. The zero-order valence-electron chi connectivity index (χ0n) is 9.94. The molecule has 2 aliphatic heterocycles. The Hall–Kier alpha value is -0.400. The van der Waals surface area contributed by atoms with Gasteiger partial charge in [-0.1, -0.05) is 0 Å². The second kappa shape index (κ2) is 4.70. The van der Waals surface area contributed by atoms with Gasteiger partial charge in [0.25, 0.3) is 0 Å². The van der Waals surface area contributed by atoms with E-state index in [0.29, 0.717) is 24.7 Å². The fraction of sp³-hybridized carbons (Fsp3) is 0.900. The highest BCUT2D eigenvalue weighted by molar-refractivity contribution is 7.91. The standard InChI is InChI=1S/C10H18N2O3S2/c1-10(2-7-17(13,14)8-10)11-9(16)12-3-5-15-6-4-12/h2-8H2,1H3,(H,11,16)/t10-/m0/s1. The molecule has 2 saturated heterocycles. The number of rotatable bonds is 1. The van der Waals surface area contributed by atoms with Crippen molar-refractivity contribution in [2.45, 2.75) is 18.9 Å². The third-order valence-corrected chi connectivity index (χ3v) is 5.47. The highest BCUT2D eigenvalue weighted by Gasteiger charge is 2.39. The van der Waals surface area contributed by atoms with Crippen molar-refractivity contribution in [1.82, 2.24) is 10.2 Å². The summed E-state index contributed by atoms with van der Waals surface area (Å²) in [6, 6.07) is 0. The largest absolute Gasteiger partial charge is 0.378 e. The smallest absolute Gasteiger partial charge is 0.169 e. The van der Waals surface area contributed by atoms with Gasteiger partial charge < -0.3 is 15.0 Å². The molecule has 2 rings (SSSR count). The molecule has 2 heterocycles. The molecule has 0 aromatic rings. The first-order chi connectivity index (χ1) is 7.90. The molecule has 1 atom stereocenters. The van der Waals surface area contributed by atoms with Gasteiger partial charge >= 0.3 is 0 Å². The third-order valence-electron chi connectivity index (χ3n) is 3.21. The van der Waals surface area contributed by atoms with Crippen LogP contribution >= 0.6 is 12.2 Å². The molecule has 0 radical (unpaired) electrons. The molecule has 0 amide bonds. The van der Waals surface area contributed by atoms with Gasteiger partial charge in [-0.3, -0.25) is 0 Å². The number of nitrogens with zero attached hydrogens (tertiary/aromatic N) is 1. The molecule has 0 aromatic carbocycles. The van der Waals surface area contributed by atoms with Crippen LogP contribution in [0.3, 0.4) is 0 Å². The molecule has 1 N–H and O–H groups in total. The minimum absolute atomic E-state index is 0.171. The summed E-state index contributed by atoms with van der Waals surface area (Å²) in [7, 11) is -2.90. The quantitative estimate of drug-likeness (QED) is 0.669. The Bertz CT molecular complexity index is 404. The minimum Gasteiger partial charge on any atom is -0.378 e. The van der Waals surface area contributed by atoms with Gasteiger partial charge in [0, 0.05) is 13.1 Å². The van der Waals surface area contributed by atoms with E-state index in [2.05, 4.69) is 5.32 Å². The number of thiocarbonyl (C=S) groups is 1. The van der Waals surface area contributed by atoms with Crippen molar-refractivity contribution in [2.75, 3.05) is 37.8 Å². The van der Waals surface area contributed by atoms with Gasteiger partial charge in [0.2, 0.25) is 0 Å². The van der Waals surface area contributed by atoms with Gasteiger partial charge in [0.15, 0.2) is 14.9 Å². The first-order valence-corrected chi connectivity index (χ1v) is 7.98. The summed E-state index contributed by atoms with van der Waals surface area (Å²) < 4.78 is 28.2. The van der Waals surface area contributed by atoms with E-state index in [9.17, 15) is 8.42 Å². The molecule has 0 spiro atoms. The fourth-order valence-corrected chi connectivity index (χ4v) is 4.73. The summed E-state index contributed by atoms with van der Waals surface area (Å²) in [5, 5.41) is 3.85. The van der Waals surface area contributed by atoms with Crippen molar-refractivity contribution in [2.24, 2.45) is 0 Å². The Balaban J connectivity index is 1.94. The van der Waals surface area contributed by atoms with Crippen LogP contribution in [0.2, 0.25) is 0 Å². The lowest BCUT2D eigenvalue weighted by Crippen LogP contribution is -2.54. The molecular formula is C10H18N2O3S2. The first kappa shape index (κ1) is 13.0. The van der Waals surface area contributed by atoms with Gasteiger partial charge in [-0.05, 0) is 25.6 Å². The molecule has 2 aliphatic rings. The molecule has 2 fully saturated rings. The van der Waals surface area contributed by atoms with Crippen molar-refractivity contribution in [3.05, 3.63) is 0 Å². The second-order valence-corrected chi connectivity index (χ2v) is 7.50. The summed E-state index contributed by atoms with van der Waals surface area (Å²) >= 11 is 5.32. The molecule has 0 aliphatic carbocycles. The van der Waals surface area contributed by atoms with Crippen molar-refractivity contribution >= 4 is 27.2 Å². The van der Waals surface area contributed by atoms with E-state index in [1.807, 2.05) is 11.8 Å². The fourth-order valence-electron chi connectivity index (χ4n) is 2.21. The van der Waals surface area contributed by atoms with E-state index in [1.165, 1.54) is 0 Å². The topological polar surface area (TPSA) is 58.6 Å². The van der Waals surface area contributed by atoms with Crippen molar-refractivity contribution in [1.29, 1.82) is 0 Å². The van der Waals surface area contributed by atoms with Gasteiger partial charge in [0.1, 0.15) is 0 Å². The lowest BCUT2D eigenvalue weighted by Gasteiger charge is -2.34. The lowest BCUT2D eigenvalue weighted by molar-refractivity contribution is 0.0670.